The Bertz CT molecular complexity index is 665. The summed E-state index contributed by atoms with van der Waals surface area (Å²) in [4.78, 5) is 17.2. The van der Waals surface area contributed by atoms with Gasteiger partial charge >= 0.3 is 0 Å². The lowest BCUT2D eigenvalue weighted by molar-refractivity contribution is -0.129. The lowest BCUT2D eigenvalue weighted by Gasteiger charge is -2.32. The van der Waals surface area contributed by atoms with Crippen LogP contribution in [-0.4, -0.2) is 35.2 Å². The topological polar surface area (TPSA) is 92.6 Å². The van der Waals surface area contributed by atoms with Gasteiger partial charge in [0.15, 0.2) is 5.58 Å². The van der Waals surface area contributed by atoms with Crippen LogP contribution in [-0.2, 0) is 4.79 Å². The monoisotopic (exact) mass is 293 g/mol. The molecule has 0 aliphatic carbocycles. The van der Waals surface area contributed by atoms with Crippen molar-refractivity contribution in [2.45, 2.75) is 18.9 Å². The third kappa shape index (κ3) is 2.69. The zero-order valence-electron chi connectivity index (χ0n) is 11.3. The molecule has 2 aromatic rings. The van der Waals surface area contributed by atoms with Gasteiger partial charge in [-0.2, -0.15) is 4.98 Å². The maximum atomic E-state index is 13.1. The number of nitrogens with zero attached hydrogens (tertiary/aromatic N) is 2. The fraction of sp³-hybridized carbons (Fsp3) is 0.429. The molecule has 6 nitrogen and oxygen atoms in total. The maximum absolute atomic E-state index is 13.1. The van der Waals surface area contributed by atoms with Crippen molar-refractivity contribution < 1.29 is 18.7 Å². The SMILES string of the molecule is NC(=O)[C@H](O)C1CCN(c2nc3cc(F)ccc3o2)CC1. The highest BCUT2D eigenvalue weighted by Gasteiger charge is 2.29. The van der Waals surface area contributed by atoms with E-state index in [4.69, 9.17) is 10.2 Å². The molecule has 1 atom stereocenters. The van der Waals surface area contributed by atoms with Crippen LogP contribution in [0.3, 0.4) is 0 Å². The predicted octanol–water partition coefficient (Wildman–Crippen LogP) is 1.03. The highest BCUT2D eigenvalue weighted by molar-refractivity contribution is 5.79. The minimum absolute atomic E-state index is 0.138. The number of carbonyl (C=O) groups excluding carboxylic acids is 1. The van der Waals surface area contributed by atoms with Gasteiger partial charge in [0.2, 0.25) is 5.91 Å². The van der Waals surface area contributed by atoms with Gasteiger partial charge in [0, 0.05) is 19.2 Å². The van der Waals surface area contributed by atoms with Gasteiger partial charge in [0.05, 0.1) is 0 Å². The van der Waals surface area contributed by atoms with Crippen LogP contribution in [0, 0.1) is 11.7 Å². The summed E-state index contributed by atoms with van der Waals surface area (Å²) in [6, 6.07) is 4.63. The first-order valence-corrected chi connectivity index (χ1v) is 6.83. The van der Waals surface area contributed by atoms with E-state index in [9.17, 15) is 14.3 Å². The standard InChI is InChI=1S/C14H16FN3O3/c15-9-1-2-11-10(7-9)17-14(21-11)18-5-3-8(4-6-18)12(19)13(16)20/h1-2,7-8,12,19H,3-6H2,(H2,16,20)/t12-/m1/s1. The summed E-state index contributed by atoms with van der Waals surface area (Å²) in [6.07, 6.45) is 0.138. The van der Waals surface area contributed by atoms with Crippen molar-refractivity contribution in [1.82, 2.24) is 4.98 Å². The van der Waals surface area contributed by atoms with Crippen LogP contribution in [0.5, 0.6) is 0 Å². The summed E-state index contributed by atoms with van der Waals surface area (Å²) in [6.45, 7) is 1.20. The third-order valence-corrected chi connectivity index (χ3v) is 3.89. The van der Waals surface area contributed by atoms with Gasteiger partial charge in [-0.05, 0) is 30.9 Å². The molecule has 112 valence electrons. The van der Waals surface area contributed by atoms with Gasteiger partial charge in [0.25, 0.3) is 6.01 Å². The van der Waals surface area contributed by atoms with Crippen LogP contribution < -0.4 is 10.6 Å². The Hall–Kier alpha value is -2.15. The summed E-state index contributed by atoms with van der Waals surface area (Å²) in [5, 5.41) is 9.68. The van der Waals surface area contributed by atoms with Gasteiger partial charge in [0.1, 0.15) is 17.4 Å². The molecule has 1 aliphatic heterocycles. The quantitative estimate of drug-likeness (QED) is 0.881. The summed E-state index contributed by atoms with van der Waals surface area (Å²) < 4.78 is 18.7. The second-order valence-electron chi connectivity index (χ2n) is 5.28. The molecule has 0 spiro atoms. The van der Waals surface area contributed by atoms with Crippen molar-refractivity contribution in [2.24, 2.45) is 11.7 Å². The molecule has 3 N–H and O–H groups in total. The minimum Gasteiger partial charge on any atom is -0.423 e. The van der Waals surface area contributed by atoms with Gasteiger partial charge in [-0.1, -0.05) is 0 Å². The number of primary amides is 1. The molecule has 3 rings (SSSR count). The molecule has 1 aromatic heterocycles. The van der Waals surface area contributed by atoms with Crippen LogP contribution in [0.4, 0.5) is 10.4 Å². The zero-order chi connectivity index (χ0) is 15.0. The number of aliphatic hydroxyl groups is 1. The second kappa shape index (κ2) is 5.33. The van der Waals surface area contributed by atoms with E-state index in [1.165, 1.54) is 12.1 Å². The largest absolute Gasteiger partial charge is 0.423 e. The molecule has 0 radical (unpaired) electrons. The first kappa shape index (κ1) is 13.8. The highest BCUT2D eigenvalue weighted by Crippen LogP contribution is 2.27. The Morgan fingerprint density at radius 2 is 2.19 bits per heavy atom. The van der Waals surface area contributed by atoms with Gasteiger partial charge in [-0.25, -0.2) is 4.39 Å². The number of anilines is 1. The van der Waals surface area contributed by atoms with Gasteiger partial charge < -0.3 is 20.2 Å². The van der Waals surface area contributed by atoms with Crippen molar-refractivity contribution in [1.29, 1.82) is 0 Å². The lowest BCUT2D eigenvalue weighted by atomic mass is 9.91. The Kier molecular flexibility index (Phi) is 3.50. The average Bonchev–Trinajstić information content (AvgIpc) is 2.89. The summed E-state index contributed by atoms with van der Waals surface area (Å²) in [5.74, 6) is -1.18. The molecular formula is C14H16FN3O3. The van der Waals surface area contributed by atoms with E-state index in [2.05, 4.69) is 4.98 Å². The molecule has 21 heavy (non-hydrogen) atoms. The van der Waals surface area contributed by atoms with Crippen LogP contribution in [0.2, 0.25) is 0 Å². The Balaban J connectivity index is 1.72. The molecule has 7 heteroatoms. The first-order valence-electron chi connectivity index (χ1n) is 6.83. The number of hydrogen-bond donors (Lipinski definition) is 2. The number of carbonyl (C=O) groups is 1. The summed E-state index contributed by atoms with van der Waals surface area (Å²) in [7, 11) is 0. The van der Waals surface area contributed by atoms with Crippen LogP contribution in [0.1, 0.15) is 12.8 Å². The third-order valence-electron chi connectivity index (χ3n) is 3.89. The van der Waals surface area contributed by atoms with Gasteiger partial charge in [-0.3, -0.25) is 4.79 Å². The number of aliphatic hydroxyl groups excluding tert-OH is 1. The van der Waals surface area contributed by atoms with E-state index in [0.29, 0.717) is 43.0 Å². The number of aromatic nitrogens is 1. The Morgan fingerprint density at radius 1 is 1.48 bits per heavy atom. The predicted molar refractivity (Wildman–Crippen MR) is 74.1 cm³/mol. The average molecular weight is 293 g/mol. The van der Waals surface area contributed by atoms with E-state index in [-0.39, 0.29) is 11.7 Å². The number of rotatable bonds is 3. The molecule has 0 bridgehead atoms. The number of oxazole rings is 1. The Morgan fingerprint density at radius 3 is 2.86 bits per heavy atom. The number of hydrogen-bond acceptors (Lipinski definition) is 5. The van der Waals surface area contributed by atoms with Crippen molar-refractivity contribution >= 4 is 23.0 Å². The molecule has 1 saturated heterocycles. The van der Waals surface area contributed by atoms with Crippen molar-refractivity contribution in [3.05, 3.63) is 24.0 Å². The van der Waals surface area contributed by atoms with Crippen molar-refractivity contribution in [3.8, 4) is 0 Å². The van der Waals surface area contributed by atoms with E-state index < -0.39 is 12.0 Å². The molecule has 1 aromatic carbocycles. The molecule has 2 heterocycles. The zero-order valence-corrected chi connectivity index (χ0v) is 11.3. The number of amides is 1. The van der Waals surface area contributed by atoms with Gasteiger partial charge in [-0.15, -0.1) is 0 Å². The first-order chi connectivity index (χ1) is 10.0. The fourth-order valence-electron chi connectivity index (χ4n) is 2.66. The van der Waals surface area contributed by atoms with Crippen LogP contribution in [0.25, 0.3) is 11.1 Å². The van der Waals surface area contributed by atoms with E-state index in [1.807, 2.05) is 4.90 Å². The summed E-state index contributed by atoms with van der Waals surface area (Å²) >= 11 is 0. The fourth-order valence-corrected chi connectivity index (χ4v) is 2.66. The molecule has 0 saturated carbocycles. The highest BCUT2D eigenvalue weighted by atomic mass is 19.1. The number of halogens is 1. The number of benzene rings is 1. The number of nitrogens with two attached hydrogens (primary N) is 1. The van der Waals surface area contributed by atoms with Crippen LogP contribution >= 0.6 is 0 Å². The maximum Gasteiger partial charge on any atom is 0.298 e. The van der Waals surface area contributed by atoms with E-state index >= 15 is 0 Å². The van der Waals surface area contributed by atoms with Crippen LogP contribution in [0.15, 0.2) is 22.6 Å². The normalized spacial score (nSPS) is 18.1. The molecule has 1 amide bonds. The Labute approximate surface area is 120 Å². The van der Waals surface area contributed by atoms with Crippen molar-refractivity contribution in [3.63, 3.8) is 0 Å². The molecule has 1 aliphatic rings. The van der Waals surface area contributed by atoms with E-state index in [0.717, 1.165) is 0 Å². The molecule has 1 fully saturated rings. The number of fused-ring (bicyclic) bond motifs is 1. The lowest BCUT2D eigenvalue weighted by Crippen LogP contribution is -2.42. The molecule has 0 unspecified atom stereocenters. The van der Waals surface area contributed by atoms with Crippen molar-refractivity contribution in [2.75, 3.05) is 18.0 Å². The molecular weight excluding hydrogens is 277 g/mol. The second-order valence-corrected chi connectivity index (χ2v) is 5.28. The minimum atomic E-state index is -1.11. The smallest absolute Gasteiger partial charge is 0.298 e. The summed E-state index contributed by atoms with van der Waals surface area (Å²) in [5.41, 5.74) is 6.12. The van der Waals surface area contributed by atoms with E-state index in [1.54, 1.807) is 6.07 Å². The number of piperidine rings is 1.